The fourth-order valence-corrected chi connectivity index (χ4v) is 1.64. The lowest BCUT2D eigenvalue weighted by molar-refractivity contribution is 0.295. The summed E-state index contributed by atoms with van der Waals surface area (Å²) in [7, 11) is 1.61. The molecule has 0 spiro atoms. The molecule has 0 fully saturated rings. The highest BCUT2D eigenvalue weighted by molar-refractivity contribution is 6.29. The van der Waals surface area contributed by atoms with Gasteiger partial charge in [-0.05, 0) is 24.3 Å². The molecule has 0 aliphatic rings. The zero-order valence-corrected chi connectivity index (χ0v) is 11.1. The van der Waals surface area contributed by atoms with Crippen molar-refractivity contribution in [2.45, 2.75) is 6.54 Å². The van der Waals surface area contributed by atoms with Gasteiger partial charge in [0.05, 0.1) is 20.0 Å². The number of hydrogen-bond acceptors (Lipinski definition) is 4. The van der Waals surface area contributed by atoms with Crippen LogP contribution in [-0.4, -0.2) is 23.3 Å². The molecule has 100 valence electrons. The maximum absolute atomic E-state index is 11.5. The van der Waals surface area contributed by atoms with Crippen molar-refractivity contribution in [3.05, 3.63) is 52.2 Å². The molecule has 0 saturated carbocycles. The summed E-state index contributed by atoms with van der Waals surface area (Å²) in [5.74, 6) is 1.49. The summed E-state index contributed by atoms with van der Waals surface area (Å²) in [6.07, 6.45) is 1.40. The Labute approximate surface area is 115 Å². The van der Waals surface area contributed by atoms with Crippen molar-refractivity contribution in [3.8, 4) is 11.5 Å². The van der Waals surface area contributed by atoms with E-state index in [4.69, 9.17) is 21.1 Å². The van der Waals surface area contributed by atoms with Crippen molar-refractivity contribution in [3.63, 3.8) is 0 Å². The molecule has 1 heterocycles. The van der Waals surface area contributed by atoms with Crippen LogP contribution in [0, 0.1) is 0 Å². The van der Waals surface area contributed by atoms with Gasteiger partial charge in [-0.25, -0.2) is 4.98 Å². The molecule has 19 heavy (non-hydrogen) atoms. The van der Waals surface area contributed by atoms with E-state index in [1.165, 1.54) is 17.0 Å². The molecule has 0 saturated heterocycles. The molecule has 0 unspecified atom stereocenters. The quantitative estimate of drug-likeness (QED) is 0.786. The molecule has 6 heteroatoms. The van der Waals surface area contributed by atoms with Crippen LogP contribution in [0.2, 0.25) is 5.15 Å². The molecule has 0 aliphatic carbocycles. The molecule has 0 amide bonds. The van der Waals surface area contributed by atoms with Crippen molar-refractivity contribution in [1.29, 1.82) is 0 Å². The Kier molecular flexibility index (Phi) is 4.41. The molecule has 0 bridgehead atoms. The smallest absolute Gasteiger partial charge is 0.254 e. The number of hydrogen-bond donors (Lipinski definition) is 0. The third kappa shape index (κ3) is 3.72. The zero-order chi connectivity index (χ0) is 13.7. The van der Waals surface area contributed by atoms with E-state index < -0.39 is 0 Å². The first-order valence-electron chi connectivity index (χ1n) is 5.68. The maximum Gasteiger partial charge on any atom is 0.254 e. The zero-order valence-electron chi connectivity index (χ0n) is 10.4. The highest BCUT2D eigenvalue weighted by Crippen LogP contribution is 2.16. The van der Waals surface area contributed by atoms with Gasteiger partial charge >= 0.3 is 0 Å². The second kappa shape index (κ2) is 6.24. The van der Waals surface area contributed by atoms with Gasteiger partial charge in [-0.15, -0.1) is 0 Å². The van der Waals surface area contributed by atoms with E-state index in [0.717, 1.165) is 11.5 Å². The van der Waals surface area contributed by atoms with Crippen LogP contribution in [0.4, 0.5) is 0 Å². The molecule has 2 rings (SSSR count). The number of benzene rings is 1. The van der Waals surface area contributed by atoms with Crippen molar-refractivity contribution in [1.82, 2.24) is 9.55 Å². The Morgan fingerprint density at radius 2 is 1.95 bits per heavy atom. The van der Waals surface area contributed by atoms with Gasteiger partial charge in [0.2, 0.25) is 0 Å². The van der Waals surface area contributed by atoms with Crippen LogP contribution in [-0.2, 0) is 6.54 Å². The van der Waals surface area contributed by atoms with Crippen LogP contribution in [0.25, 0.3) is 0 Å². The molecule has 5 nitrogen and oxygen atoms in total. The summed E-state index contributed by atoms with van der Waals surface area (Å²) in [5, 5.41) is 0.192. The number of methoxy groups -OCH3 is 1. The molecular formula is C13H13ClN2O3. The lowest BCUT2D eigenvalue weighted by Crippen LogP contribution is -2.22. The minimum Gasteiger partial charge on any atom is -0.497 e. The molecular weight excluding hydrogens is 268 g/mol. The Morgan fingerprint density at radius 1 is 1.26 bits per heavy atom. The SMILES string of the molecule is COc1ccc(OCCn2cnc(Cl)cc2=O)cc1. The number of aromatic nitrogens is 2. The van der Waals surface area contributed by atoms with Crippen molar-refractivity contribution in [2.24, 2.45) is 0 Å². The summed E-state index contributed by atoms with van der Waals surface area (Å²) in [6.45, 7) is 0.782. The van der Waals surface area contributed by atoms with Gasteiger partial charge < -0.3 is 9.47 Å². The van der Waals surface area contributed by atoms with Gasteiger partial charge in [0.1, 0.15) is 23.3 Å². The van der Waals surface area contributed by atoms with Crippen LogP contribution in [0.1, 0.15) is 0 Å². The molecule has 0 N–H and O–H groups in total. The van der Waals surface area contributed by atoms with E-state index in [2.05, 4.69) is 4.98 Å². The summed E-state index contributed by atoms with van der Waals surface area (Å²) >= 11 is 5.61. The normalized spacial score (nSPS) is 10.2. The standard InChI is InChI=1S/C13H13ClN2O3/c1-18-10-2-4-11(5-3-10)19-7-6-16-9-15-12(14)8-13(16)17/h2-5,8-9H,6-7H2,1H3. The van der Waals surface area contributed by atoms with E-state index in [9.17, 15) is 4.79 Å². The first-order valence-corrected chi connectivity index (χ1v) is 6.05. The minimum absolute atomic E-state index is 0.192. The number of ether oxygens (including phenoxy) is 2. The number of nitrogens with zero attached hydrogens (tertiary/aromatic N) is 2. The first-order chi connectivity index (χ1) is 9.19. The maximum atomic E-state index is 11.5. The van der Waals surface area contributed by atoms with Crippen LogP contribution in [0.5, 0.6) is 11.5 Å². The van der Waals surface area contributed by atoms with E-state index in [0.29, 0.717) is 13.2 Å². The molecule has 0 aliphatic heterocycles. The molecule has 0 atom stereocenters. The van der Waals surface area contributed by atoms with E-state index in [1.807, 2.05) is 24.3 Å². The van der Waals surface area contributed by atoms with Crippen LogP contribution >= 0.6 is 11.6 Å². The Balaban J connectivity index is 1.90. The topological polar surface area (TPSA) is 53.4 Å². The average molecular weight is 281 g/mol. The molecule has 1 aromatic carbocycles. The van der Waals surface area contributed by atoms with Crippen molar-refractivity contribution < 1.29 is 9.47 Å². The average Bonchev–Trinajstić information content (AvgIpc) is 2.42. The lowest BCUT2D eigenvalue weighted by Gasteiger charge is -2.08. The predicted octanol–water partition coefficient (Wildman–Crippen LogP) is 1.98. The van der Waals surface area contributed by atoms with E-state index in [-0.39, 0.29) is 10.7 Å². The fraction of sp³-hybridized carbons (Fsp3) is 0.231. The fourth-order valence-electron chi connectivity index (χ4n) is 1.51. The highest BCUT2D eigenvalue weighted by Gasteiger charge is 1.99. The third-order valence-electron chi connectivity index (χ3n) is 2.51. The van der Waals surface area contributed by atoms with Gasteiger partial charge in [-0.2, -0.15) is 0 Å². The summed E-state index contributed by atoms with van der Waals surface area (Å²) in [5.41, 5.74) is -0.196. The van der Waals surface area contributed by atoms with Crippen molar-refractivity contribution in [2.75, 3.05) is 13.7 Å². The molecule has 1 aromatic heterocycles. The number of rotatable bonds is 5. The second-order valence-electron chi connectivity index (χ2n) is 3.77. The van der Waals surface area contributed by atoms with Crippen LogP contribution in [0.3, 0.4) is 0 Å². The van der Waals surface area contributed by atoms with Crippen molar-refractivity contribution >= 4 is 11.6 Å². The lowest BCUT2D eigenvalue weighted by atomic mass is 10.3. The van der Waals surface area contributed by atoms with Crippen LogP contribution < -0.4 is 15.0 Å². The van der Waals surface area contributed by atoms with Gasteiger partial charge in [0.15, 0.2) is 0 Å². The predicted molar refractivity (Wildman–Crippen MR) is 72.0 cm³/mol. The van der Waals surface area contributed by atoms with Gasteiger partial charge in [-0.3, -0.25) is 9.36 Å². The van der Waals surface area contributed by atoms with Gasteiger partial charge in [0, 0.05) is 6.07 Å². The Bertz CT molecular complexity index is 596. The third-order valence-corrected chi connectivity index (χ3v) is 2.71. The summed E-state index contributed by atoms with van der Waals surface area (Å²) in [4.78, 5) is 15.4. The second-order valence-corrected chi connectivity index (χ2v) is 4.15. The van der Waals surface area contributed by atoms with Gasteiger partial charge in [-0.1, -0.05) is 11.6 Å². The Morgan fingerprint density at radius 3 is 2.58 bits per heavy atom. The first kappa shape index (κ1) is 13.4. The van der Waals surface area contributed by atoms with Gasteiger partial charge in [0.25, 0.3) is 5.56 Å². The summed E-state index contributed by atoms with van der Waals surface area (Å²) in [6, 6.07) is 8.51. The van der Waals surface area contributed by atoms with E-state index in [1.54, 1.807) is 7.11 Å². The van der Waals surface area contributed by atoms with Crippen LogP contribution in [0.15, 0.2) is 41.5 Å². The highest BCUT2D eigenvalue weighted by atomic mass is 35.5. The largest absolute Gasteiger partial charge is 0.497 e. The number of halogens is 1. The van der Waals surface area contributed by atoms with E-state index >= 15 is 0 Å². The molecule has 2 aromatic rings. The minimum atomic E-state index is -0.196. The molecule has 0 radical (unpaired) electrons. The Hall–Kier alpha value is -2.01. The monoisotopic (exact) mass is 280 g/mol. The summed E-state index contributed by atoms with van der Waals surface area (Å²) < 4.78 is 12.0.